The Morgan fingerprint density at radius 1 is 1.40 bits per heavy atom. The molecule has 7 heteroatoms. The van der Waals surface area contributed by atoms with Crippen LogP contribution in [0.3, 0.4) is 0 Å². The van der Waals surface area contributed by atoms with Crippen molar-refractivity contribution in [3.63, 3.8) is 0 Å². The van der Waals surface area contributed by atoms with E-state index in [1.165, 1.54) is 26.2 Å². The Hall–Kier alpha value is -1.31. The lowest BCUT2D eigenvalue weighted by Crippen LogP contribution is -2.23. The molecule has 1 rings (SSSR count). The van der Waals surface area contributed by atoms with Crippen molar-refractivity contribution in [1.29, 1.82) is 0 Å². The van der Waals surface area contributed by atoms with Crippen LogP contribution in [-0.4, -0.2) is 44.6 Å². The van der Waals surface area contributed by atoms with Gasteiger partial charge in [0.15, 0.2) is 0 Å². The standard InChI is InChI=1S/C13H23N3O3S/c1-4-5-10(17)9-15-13-8-11(6-7-12(13)14)20(18,19)16(2)3/h6-8,10,15,17H,4-5,9,14H2,1-3H3. The van der Waals surface area contributed by atoms with Gasteiger partial charge in [0.05, 0.1) is 22.4 Å². The van der Waals surface area contributed by atoms with Gasteiger partial charge in [-0.2, -0.15) is 0 Å². The first kappa shape index (κ1) is 16.7. The molecule has 0 heterocycles. The molecule has 0 saturated carbocycles. The summed E-state index contributed by atoms with van der Waals surface area (Å²) in [5.74, 6) is 0. The molecular weight excluding hydrogens is 278 g/mol. The fraction of sp³-hybridized carbons (Fsp3) is 0.538. The number of anilines is 2. The zero-order valence-electron chi connectivity index (χ0n) is 12.1. The summed E-state index contributed by atoms with van der Waals surface area (Å²) in [5.41, 5.74) is 6.78. The smallest absolute Gasteiger partial charge is 0.242 e. The molecule has 6 nitrogen and oxygen atoms in total. The highest BCUT2D eigenvalue weighted by Gasteiger charge is 2.18. The lowest BCUT2D eigenvalue weighted by atomic mass is 10.2. The normalized spacial score (nSPS) is 13.4. The molecule has 0 aliphatic carbocycles. The van der Waals surface area contributed by atoms with E-state index in [1.807, 2.05) is 6.92 Å². The van der Waals surface area contributed by atoms with E-state index < -0.39 is 16.1 Å². The fourth-order valence-electron chi connectivity index (χ4n) is 1.72. The van der Waals surface area contributed by atoms with Crippen LogP contribution in [0.15, 0.2) is 23.1 Å². The minimum Gasteiger partial charge on any atom is -0.397 e. The van der Waals surface area contributed by atoms with Gasteiger partial charge in [-0.15, -0.1) is 0 Å². The van der Waals surface area contributed by atoms with Crippen LogP contribution in [0.4, 0.5) is 11.4 Å². The molecule has 0 aliphatic heterocycles. The molecule has 0 aromatic heterocycles. The van der Waals surface area contributed by atoms with Crippen LogP contribution in [0.1, 0.15) is 19.8 Å². The van der Waals surface area contributed by atoms with Crippen molar-refractivity contribution >= 4 is 21.4 Å². The van der Waals surface area contributed by atoms with Gasteiger partial charge in [-0.05, 0) is 24.6 Å². The molecule has 1 aromatic rings. The van der Waals surface area contributed by atoms with Gasteiger partial charge in [-0.25, -0.2) is 12.7 Å². The van der Waals surface area contributed by atoms with Crippen LogP contribution < -0.4 is 11.1 Å². The molecule has 0 fully saturated rings. The molecule has 1 atom stereocenters. The van der Waals surface area contributed by atoms with Crippen LogP contribution >= 0.6 is 0 Å². The Morgan fingerprint density at radius 3 is 2.60 bits per heavy atom. The van der Waals surface area contributed by atoms with E-state index in [4.69, 9.17) is 5.73 Å². The average molecular weight is 301 g/mol. The van der Waals surface area contributed by atoms with Crippen molar-refractivity contribution in [2.24, 2.45) is 0 Å². The first-order valence-electron chi connectivity index (χ1n) is 6.53. The maximum atomic E-state index is 12.0. The summed E-state index contributed by atoms with van der Waals surface area (Å²) in [4.78, 5) is 0.171. The van der Waals surface area contributed by atoms with Crippen molar-refractivity contribution in [1.82, 2.24) is 4.31 Å². The topological polar surface area (TPSA) is 95.7 Å². The van der Waals surface area contributed by atoms with Crippen LogP contribution in [0.25, 0.3) is 0 Å². The first-order valence-corrected chi connectivity index (χ1v) is 7.97. The zero-order valence-corrected chi connectivity index (χ0v) is 12.9. The second kappa shape index (κ2) is 6.92. The molecule has 0 spiro atoms. The summed E-state index contributed by atoms with van der Waals surface area (Å²) < 4.78 is 25.2. The van der Waals surface area contributed by atoms with Gasteiger partial charge in [0.1, 0.15) is 0 Å². The molecule has 1 unspecified atom stereocenters. The number of benzene rings is 1. The van der Waals surface area contributed by atoms with Gasteiger partial charge < -0.3 is 16.2 Å². The maximum Gasteiger partial charge on any atom is 0.242 e. The van der Waals surface area contributed by atoms with Crippen LogP contribution in [0.2, 0.25) is 0 Å². The van der Waals surface area contributed by atoms with E-state index in [0.29, 0.717) is 24.3 Å². The van der Waals surface area contributed by atoms with Gasteiger partial charge in [0.2, 0.25) is 10.0 Å². The first-order chi connectivity index (χ1) is 9.28. The highest BCUT2D eigenvalue weighted by atomic mass is 32.2. The number of aliphatic hydroxyl groups is 1. The van der Waals surface area contributed by atoms with E-state index in [9.17, 15) is 13.5 Å². The highest BCUT2D eigenvalue weighted by molar-refractivity contribution is 7.89. The number of nitrogens with two attached hydrogens (primary N) is 1. The van der Waals surface area contributed by atoms with Crippen molar-refractivity contribution in [3.8, 4) is 0 Å². The predicted octanol–water partition coefficient (Wildman–Crippen LogP) is 1.09. The summed E-state index contributed by atoms with van der Waals surface area (Å²) in [5, 5.41) is 12.7. The van der Waals surface area contributed by atoms with E-state index in [0.717, 1.165) is 10.7 Å². The lowest BCUT2D eigenvalue weighted by Gasteiger charge is -2.16. The van der Waals surface area contributed by atoms with E-state index in [1.54, 1.807) is 6.07 Å². The third-order valence-electron chi connectivity index (χ3n) is 2.95. The summed E-state index contributed by atoms with van der Waals surface area (Å²) in [6.45, 7) is 2.32. The second-order valence-corrected chi connectivity index (χ2v) is 7.01. The quantitative estimate of drug-likeness (QED) is 0.655. The number of nitrogen functional groups attached to an aromatic ring is 1. The van der Waals surface area contributed by atoms with Crippen molar-refractivity contribution in [2.45, 2.75) is 30.8 Å². The van der Waals surface area contributed by atoms with Crippen molar-refractivity contribution in [3.05, 3.63) is 18.2 Å². The number of nitrogens with zero attached hydrogens (tertiary/aromatic N) is 1. The van der Waals surface area contributed by atoms with Crippen LogP contribution in [0, 0.1) is 0 Å². The fourth-order valence-corrected chi connectivity index (χ4v) is 2.65. The number of nitrogens with one attached hydrogen (secondary N) is 1. The third-order valence-corrected chi connectivity index (χ3v) is 4.76. The summed E-state index contributed by atoms with van der Waals surface area (Å²) in [6.07, 6.45) is 1.09. The number of hydrogen-bond acceptors (Lipinski definition) is 5. The van der Waals surface area contributed by atoms with Gasteiger partial charge in [-0.3, -0.25) is 0 Å². The minimum absolute atomic E-state index is 0.171. The number of rotatable bonds is 7. The molecule has 0 aliphatic rings. The monoisotopic (exact) mass is 301 g/mol. The van der Waals surface area contributed by atoms with Gasteiger partial charge >= 0.3 is 0 Å². The largest absolute Gasteiger partial charge is 0.397 e. The van der Waals surface area contributed by atoms with E-state index in [-0.39, 0.29) is 4.90 Å². The SMILES string of the molecule is CCCC(O)CNc1cc(S(=O)(=O)N(C)C)ccc1N. The highest BCUT2D eigenvalue weighted by Crippen LogP contribution is 2.24. The zero-order chi connectivity index (χ0) is 15.3. The number of aliphatic hydroxyl groups excluding tert-OH is 1. The van der Waals surface area contributed by atoms with Gasteiger partial charge in [0, 0.05) is 20.6 Å². The second-order valence-electron chi connectivity index (χ2n) is 4.86. The average Bonchev–Trinajstić information content (AvgIpc) is 2.37. The Bertz CT molecular complexity index is 544. The maximum absolute atomic E-state index is 12.0. The number of sulfonamides is 1. The molecule has 4 N–H and O–H groups in total. The Kier molecular flexibility index (Phi) is 5.79. The molecule has 0 saturated heterocycles. The van der Waals surface area contributed by atoms with E-state index in [2.05, 4.69) is 5.32 Å². The molecule has 0 bridgehead atoms. The Morgan fingerprint density at radius 2 is 2.05 bits per heavy atom. The summed E-state index contributed by atoms with van der Waals surface area (Å²) in [7, 11) is -0.538. The molecule has 0 radical (unpaired) electrons. The molecule has 1 aromatic carbocycles. The Labute approximate surface area is 120 Å². The van der Waals surface area contributed by atoms with Gasteiger partial charge in [-0.1, -0.05) is 13.3 Å². The van der Waals surface area contributed by atoms with Crippen LogP contribution in [0.5, 0.6) is 0 Å². The lowest BCUT2D eigenvalue weighted by molar-refractivity contribution is 0.176. The molecule has 20 heavy (non-hydrogen) atoms. The number of hydrogen-bond donors (Lipinski definition) is 3. The third kappa shape index (κ3) is 4.09. The summed E-state index contributed by atoms with van der Waals surface area (Å²) >= 11 is 0. The van der Waals surface area contributed by atoms with Crippen LogP contribution in [-0.2, 0) is 10.0 Å². The predicted molar refractivity (Wildman–Crippen MR) is 81.1 cm³/mol. The van der Waals surface area contributed by atoms with Crippen molar-refractivity contribution in [2.75, 3.05) is 31.7 Å². The molecular formula is C13H23N3O3S. The van der Waals surface area contributed by atoms with Crippen molar-refractivity contribution < 1.29 is 13.5 Å². The minimum atomic E-state index is -3.49. The van der Waals surface area contributed by atoms with E-state index >= 15 is 0 Å². The molecule has 0 amide bonds. The van der Waals surface area contributed by atoms with Gasteiger partial charge in [0.25, 0.3) is 0 Å². The summed E-state index contributed by atoms with van der Waals surface area (Å²) in [6, 6.07) is 4.51. The molecule has 114 valence electrons. The Balaban J connectivity index is 2.93.